The second-order valence-electron chi connectivity index (χ2n) is 4.77. The van der Waals surface area contributed by atoms with Gasteiger partial charge in [0, 0.05) is 22.1 Å². The lowest BCUT2D eigenvalue weighted by Gasteiger charge is -2.14. The highest BCUT2D eigenvalue weighted by Crippen LogP contribution is 2.39. The van der Waals surface area contributed by atoms with Crippen LogP contribution in [0.25, 0.3) is 0 Å². The van der Waals surface area contributed by atoms with Gasteiger partial charge in [-0.05, 0) is 29.8 Å². The average Bonchev–Trinajstić information content (AvgIpc) is 2.89. The summed E-state index contributed by atoms with van der Waals surface area (Å²) in [5.74, 6) is 1.54. The molecule has 1 unspecified atom stereocenters. The van der Waals surface area contributed by atoms with Gasteiger partial charge in [-0.15, -0.1) is 11.8 Å². The molecular formula is C16H15FO2S. The molecule has 0 aliphatic carbocycles. The van der Waals surface area contributed by atoms with Crippen LogP contribution in [0.1, 0.15) is 17.0 Å². The Morgan fingerprint density at radius 2 is 2.10 bits per heavy atom. The molecule has 20 heavy (non-hydrogen) atoms. The number of rotatable bonds is 4. The second-order valence-corrected chi connectivity index (χ2v) is 5.83. The van der Waals surface area contributed by atoms with Crippen LogP contribution < -0.4 is 4.74 Å². The van der Waals surface area contributed by atoms with Gasteiger partial charge >= 0.3 is 0 Å². The van der Waals surface area contributed by atoms with Crippen LogP contribution in [0, 0.1) is 5.82 Å². The first-order valence-corrected chi connectivity index (χ1v) is 7.50. The molecule has 1 aliphatic heterocycles. The van der Waals surface area contributed by atoms with Crippen molar-refractivity contribution in [2.45, 2.75) is 17.4 Å². The van der Waals surface area contributed by atoms with Gasteiger partial charge in [-0.25, -0.2) is 4.39 Å². The third kappa shape index (κ3) is 2.67. The molecule has 0 bridgehead atoms. The standard InChI is InChI=1S/C16H15FO2S/c17-13-5-6-15(11(7-13)8-18)19-9-12-10-20-16-4-2-1-3-14(12)16/h1-7,12,18H,8-10H2. The number of ether oxygens (including phenoxy) is 1. The zero-order chi connectivity index (χ0) is 13.9. The molecule has 0 saturated carbocycles. The van der Waals surface area contributed by atoms with E-state index < -0.39 is 0 Å². The van der Waals surface area contributed by atoms with Crippen LogP contribution >= 0.6 is 11.8 Å². The third-order valence-corrected chi connectivity index (χ3v) is 4.68. The van der Waals surface area contributed by atoms with E-state index in [-0.39, 0.29) is 12.4 Å². The van der Waals surface area contributed by atoms with Gasteiger partial charge in [-0.3, -0.25) is 0 Å². The van der Waals surface area contributed by atoms with Crippen LogP contribution in [0.5, 0.6) is 5.75 Å². The molecule has 1 aliphatic rings. The maximum Gasteiger partial charge on any atom is 0.125 e. The SMILES string of the molecule is OCc1cc(F)ccc1OCC1CSc2ccccc21. The van der Waals surface area contributed by atoms with E-state index in [1.807, 2.05) is 23.9 Å². The fourth-order valence-electron chi connectivity index (χ4n) is 2.37. The first-order valence-electron chi connectivity index (χ1n) is 6.51. The van der Waals surface area contributed by atoms with Crippen LogP contribution in [-0.2, 0) is 6.61 Å². The average molecular weight is 290 g/mol. The van der Waals surface area contributed by atoms with Gasteiger partial charge in [0.2, 0.25) is 0 Å². The summed E-state index contributed by atoms with van der Waals surface area (Å²) in [6, 6.07) is 12.6. The number of hydrogen-bond donors (Lipinski definition) is 1. The van der Waals surface area contributed by atoms with E-state index in [0.29, 0.717) is 23.8 Å². The van der Waals surface area contributed by atoms with Crippen LogP contribution in [0.2, 0.25) is 0 Å². The number of aliphatic hydroxyl groups is 1. The molecule has 2 aromatic rings. The van der Waals surface area contributed by atoms with E-state index in [1.165, 1.54) is 22.6 Å². The van der Waals surface area contributed by atoms with Crippen LogP contribution in [-0.4, -0.2) is 17.5 Å². The lowest BCUT2D eigenvalue weighted by atomic mass is 10.0. The summed E-state index contributed by atoms with van der Waals surface area (Å²) in [7, 11) is 0. The number of fused-ring (bicyclic) bond motifs is 1. The highest BCUT2D eigenvalue weighted by atomic mass is 32.2. The highest BCUT2D eigenvalue weighted by molar-refractivity contribution is 7.99. The molecule has 0 aromatic heterocycles. The number of halogens is 1. The zero-order valence-electron chi connectivity index (χ0n) is 10.9. The first kappa shape index (κ1) is 13.5. The Labute approximate surface area is 121 Å². The Morgan fingerprint density at radius 3 is 2.95 bits per heavy atom. The van der Waals surface area contributed by atoms with Crippen molar-refractivity contribution in [3.8, 4) is 5.75 Å². The molecular weight excluding hydrogens is 275 g/mol. The van der Waals surface area contributed by atoms with Crippen molar-refractivity contribution < 1.29 is 14.2 Å². The summed E-state index contributed by atoms with van der Waals surface area (Å²) in [6.07, 6.45) is 0. The molecule has 3 rings (SSSR count). The Morgan fingerprint density at radius 1 is 1.25 bits per heavy atom. The summed E-state index contributed by atoms with van der Waals surface area (Å²) in [4.78, 5) is 1.31. The number of hydrogen-bond acceptors (Lipinski definition) is 3. The second kappa shape index (κ2) is 5.85. The number of aliphatic hydroxyl groups excluding tert-OH is 1. The molecule has 0 spiro atoms. The van der Waals surface area contributed by atoms with Crippen molar-refractivity contribution in [3.05, 3.63) is 59.4 Å². The molecule has 4 heteroatoms. The Bertz CT molecular complexity index is 615. The van der Waals surface area contributed by atoms with Gasteiger partial charge in [0.05, 0.1) is 13.2 Å². The minimum atomic E-state index is -0.358. The molecule has 1 atom stereocenters. The molecule has 0 saturated heterocycles. The van der Waals surface area contributed by atoms with E-state index in [0.717, 1.165) is 5.75 Å². The molecule has 1 heterocycles. The molecule has 1 N–H and O–H groups in total. The topological polar surface area (TPSA) is 29.5 Å². The quantitative estimate of drug-likeness (QED) is 0.933. The van der Waals surface area contributed by atoms with E-state index in [1.54, 1.807) is 6.07 Å². The molecule has 2 aromatic carbocycles. The maximum absolute atomic E-state index is 13.1. The maximum atomic E-state index is 13.1. The van der Waals surface area contributed by atoms with Gasteiger partial charge in [0.25, 0.3) is 0 Å². The normalized spacial score (nSPS) is 17.0. The Kier molecular flexibility index (Phi) is 3.94. The third-order valence-electron chi connectivity index (χ3n) is 3.43. The van der Waals surface area contributed by atoms with Crippen molar-refractivity contribution in [3.63, 3.8) is 0 Å². The van der Waals surface area contributed by atoms with E-state index in [4.69, 9.17) is 4.74 Å². The fraction of sp³-hybridized carbons (Fsp3) is 0.250. The van der Waals surface area contributed by atoms with Gasteiger partial charge in [-0.1, -0.05) is 18.2 Å². The Balaban J connectivity index is 1.72. The van der Waals surface area contributed by atoms with Crippen molar-refractivity contribution >= 4 is 11.8 Å². The van der Waals surface area contributed by atoms with E-state index >= 15 is 0 Å². The minimum absolute atomic E-state index is 0.219. The summed E-state index contributed by atoms with van der Waals surface area (Å²) in [5, 5.41) is 9.24. The van der Waals surface area contributed by atoms with E-state index in [9.17, 15) is 9.50 Å². The monoisotopic (exact) mass is 290 g/mol. The number of thioether (sulfide) groups is 1. The summed E-state index contributed by atoms with van der Waals surface area (Å²) in [6.45, 7) is 0.325. The lowest BCUT2D eigenvalue weighted by molar-refractivity contribution is 0.256. The zero-order valence-corrected chi connectivity index (χ0v) is 11.7. The molecule has 2 nitrogen and oxygen atoms in total. The van der Waals surface area contributed by atoms with Gasteiger partial charge in [-0.2, -0.15) is 0 Å². The molecule has 0 radical (unpaired) electrons. The molecule has 104 valence electrons. The largest absolute Gasteiger partial charge is 0.493 e. The predicted molar refractivity (Wildman–Crippen MR) is 77.7 cm³/mol. The smallest absolute Gasteiger partial charge is 0.125 e. The van der Waals surface area contributed by atoms with Crippen LogP contribution in [0.3, 0.4) is 0 Å². The predicted octanol–water partition coefficient (Wildman–Crippen LogP) is 3.59. The highest BCUT2D eigenvalue weighted by Gasteiger charge is 2.23. The summed E-state index contributed by atoms with van der Waals surface area (Å²) in [5.41, 5.74) is 1.80. The molecule has 0 amide bonds. The summed E-state index contributed by atoms with van der Waals surface area (Å²) >= 11 is 1.83. The Hall–Kier alpha value is -1.52. The van der Waals surface area contributed by atoms with Crippen molar-refractivity contribution in [2.24, 2.45) is 0 Å². The van der Waals surface area contributed by atoms with Crippen molar-refractivity contribution in [1.82, 2.24) is 0 Å². The van der Waals surface area contributed by atoms with E-state index in [2.05, 4.69) is 12.1 Å². The number of benzene rings is 2. The van der Waals surface area contributed by atoms with Crippen LogP contribution in [0.15, 0.2) is 47.4 Å². The fourth-order valence-corrected chi connectivity index (χ4v) is 3.60. The lowest BCUT2D eigenvalue weighted by Crippen LogP contribution is -2.10. The van der Waals surface area contributed by atoms with Gasteiger partial charge in [0.15, 0.2) is 0 Å². The van der Waals surface area contributed by atoms with Crippen molar-refractivity contribution in [1.29, 1.82) is 0 Å². The van der Waals surface area contributed by atoms with Crippen LogP contribution in [0.4, 0.5) is 4.39 Å². The minimum Gasteiger partial charge on any atom is -0.493 e. The first-order chi connectivity index (χ1) is 9.78. The van der Waals surface area contributed by atoms with Crippen molar-refractivity contribution in [2.75, 3.05) is 12.4 Å². The van der Waals surface area contributed by atoms with Gasteiger partial charge < -0.3 is 9.84 Å². The van der Waals surface area contributed by atoms with Gasteiger partial charge in [0.1, 0.15) is 11.6 Å². The molecule has 0 fully saturated rings. The summed E-state index contributed by atoms with van der Waals surface area (Å²) < 4.78 is 18.9.